The van der Waals surface area contributed by atoms with E-state index in [2.05, 4.69) is 20.7 Å². The lowest BCUT2D eigenvalue weighted by molar-refractivity contribution is 0.0923. The molecular weight excluding hydrogens is 330 g/mol. The van der Waals surface area contributed by atoms with Crippen molar-refractivity contribution in [3.8, 4) is 5.75 Å². The van der Waals surface area contributed by atoms with Crippen LogP contribution in [0.2, 0.25) is 0 Å². The fourth-order valence-electron chi connectivity index (χ4n) is 2.63. The molecule has 1 aliphatic carbocycles. The molecule has 0 radical (unpaired) electrons. The number of carbonyl (C=O) groups excluding carboxylic acids is 1. The summed E-state index contributed by atoms with van der Waals surface area (Å²) >= 11 is 3.57. The van der Waals surface area contributed by atoms with Crippen molar-refractivity contribution in [1.29, 1.82) is 0 Å². The Hall–Kier alpha value is -1.60. The molecule has 0 spiro atoms. The Morgan fingerprint density at radius 1 is 1.35 bits per heavy atom. The summed E-state index contributed by atoms with van der Waals surface area (Å²) in [6.07, 6.45) is 5.41. The molecule has 5 nitrogen and oxygen atoms in total. The number of hydrogen-bond donors (Lipinski definition) is 2. The van der Waals surface area contributed by atoms with E-state index in [9.17, 15) is 9.90 Å². The van der Waals surface area contributed by atoms with Crippen LogP contribution >= 0.6 is 23.1 Å². The van der Waals surface area contributed by atoms with Gasteiger partial charge in [0, 0.05) is 22.4 Å². The van der Waals surface area contributed by atoms with Gasteiger partial charge in [0.25, 0.3) is 5.91 Å². The molecule has 2 heterocycles. The number of pyridine rings is 1. The molecule has 1 aliphatic rings. The van der Waals surface area contributed by atoms with Gasteiger partial charge >= 0.3 is 0 Å². The summed E-state index contributed by atoms with van der Waals surface area (Å²) in [5, 5.41) is 14.9. The highest BCUT2D eigenvalue weighted by Gasteiger charge is 2.24. The van der Waals surface area contributed by atoms with Crippen LogP contribution in [0.4, 0.5) is 0 Å². The molecule has 1 saturated carbocycles. The summed E-state index contributed by atoms with van der Waals surface area (Å²) in [7, 11) is 0. The topological polar surface area (TPSA) is 75.1 Å². The highest BCUT2D eigenvalue weighted by molar-refractivity contribution is 8.01. The van der Waals surface area contributed by atoms with Crippen LogP contribution < -0.4 is 5.32 Å². The van der Waals surface area contributed by atoms with E-state index in [4.69, 9.17) is 0 Å². The third-order valence-electron chi connectivity index (χ3n) is 3.86. The van der Waals surface area contributed by atoms with Gasteiger partial charge < -0.3 is 10.4 Å². The van der Waals surface area contributed by atoms with Crippen LogP contribution in [-0.2, 0) is 0 Å². The summed E-state index contributed by atoms with van der Waals surface area (Å²) < 4.78 is 1.14. The zero-order valence-electron chi connectivity index (χ0n) is 12.9. The third-order valence-corrected chi connectivity index (χ3v) is 6.28. The molecule has 0 aliphatic heterocycles. The van der Waals surface area contributed by atoms with Crippen molar-refractivity contribution < 1.29 is 9.90 Å². The van der Waals surface area contributed by atoms with Crippen molar-refractivity contribution in [2.75, 3.05) is 0 Å². The second kappa shape index (κ2) is 7.31. The number of nitrogens with one attached hydrogen (secondary N) is 1. The van der Waals surface area contributed by atoms with Crippen molar-refractivity contribution in [2.45, 2.75) is 48.2 Å². The Morgan fingerprint density at radius 3 is 2.74 bits per heavy atom. The van der Waals surface area contributed by atoms with E-state index in [1.54, 1.807) is 11.3 Å². The van der Waals surface area contributed by atoms with Gasteiger partial charge in [-0.15, -0.1) is 11.3 Å². The molecule has 0 atom stereocenters. The maximum absolute atomic E-state index is 12.1. The van der Waals surface area contributed by atoms with Crippen LogP contribution in [0.1, 0.15) is 41.9 Å². The van der Waals surface area contributed by atoms with Crippen LogP contribution in [-0.4, -0.2) is 32.3 Å². The molecule has 0 saturated heterocycles. The average molecular weight is 349 g/mol. The number of aromatic hydroxyl groups is 1. The number of amides is 1. The Morgan fingerprint density at radius 2 is 2.13 bits per heavy atom. The van der Waals surface area contributed by atoms with E-state index in [1.165, 1.54) is 18.3 Å². The van der Waals surface area contributed by atoms with Crippen LogP contribution in [0.3, 0.4) is 0 Å². The number of hydrogen-bond acceptors (Lipinski definition) is 6. The number of nitrogens with zero attached hydrogens (tertiary/aromatic N) is 2. The third kappa shape index (κ3) is 4.45. The molecule has 0 unspecified atom stereocenters. The highest BCUT2D eigenvalue weighted by atomic mass is 32.2. The molecule has 1 fully saturated rings. The lowest BCUT2D eigenvalue weighted by atomic mass is 9.95. The average Bonchev–Trinajstić information content (AvgIpc) is 2.95. The fraction of sp³-hybridized carbons (Fsp3) is 0.438. The molecule has 0 aromatic carbocycles. The first-order chi connectivity index (χ1) is 11.1. The Labute approximate surface area is 143 Å². The lowest BCUT2D eigenvalue weighted by Gasteiger charge is -2.28. The monoisotopic (exact) mass is 349 g/mol. The number of thiazole rings is 1. The molecular formula is C16H19N3O2S2. The molecule has 2 aromatic heterocycles. The summed E-state index contributed by atoms with van der Waals surface area (Å²) in [5.41, 5.74) is 1.43. The minimum atomic E-state index is -0.170. The number of thioether (sulfide) groups is 1. The van der Waals surface area contributed by atoms with Gasteiger partial charge in [-0.3, -0.25) is 4.79 Å². The van der Waals surface area contributed by atoms with Gasteiger partial charge in [-0.2, -0.15) is 0 Å². The second-order valence-electron chi connectivity index (χ2n) is 5.72. The van der Waals surface area contributed by atoms with Gasteiger partial charge in [-0.25, -0.2) is 9.97 Å². The quantitative estimate of drug-likeness (QED) is 0.885. The number of aromatic nitrogens is 2. The first-order valence-electron chi connectivity index (χ1n) is 7.65. The van der Waals surface area contributed by atoms with E-state index in [-0.39, 0.29) is 17.7 Å². The molecule has 2 N–H and O–H groups in total. The van der Waals surface area contributed by atoms with E-state index in [0.717, 1.165) is 35.7 Å². The van der Waals surface area contributed by atoms with Gasteiger partial charge in [0.2, 0.25) is 0 Å². The maximum Gasteiger partial charge on any atom is 0.270 e. The van der Waals surface area contributed by atoms with Crippen molar-refractivity contribution in [3.63, 3.8) is 0 Å². The molecule has 23 heavy (non-hydrogen) atoms. The largest absolute Gasteiger partial charge is 0.506 e. The predicted octanol–water partition coefficient (Wildman–Crippen LogP) is 3.39. The smallest absolute Gasteiger partial charge is 0.270 e. The van der Waals surface area contributed by atoms with Gasteiger partial charge in [0.05, 0.1) is 6.20 Å². The van der Waals surface area contributed by atoms with Crippen LogP contribution in [0.5, 0.6) is 5.75 Å². The first kappa shape index (κ1) is 16.3. The van der Waals surface area contributed by atoms with Crippen molar-refractivity contribution in [2.24, 2.45) is 0 Å². The van der Waals surface area contributed by atoms with Crippen LogP contribution in [0, 0.1) is 6.92 Å². The van der Waals surface area contributed by atoms with Crippen molar-refractivity contribution in [3.05, 3.63) is 35.1 Å². The summed E-state index contributed by atoms with van der Waals surface area (Å²) in [5.74, 6) is -0.104. The first-order valence-corrected chi connectivity index (χ1v) is 9.41. The summed E-state index contributed by atoms with van der Waals surface area (Å²) in [6, 6.07) is 3.22. The summed E-state index contributed by atoms with van der Waals surface area (Å²) in [4.78, 5) is 20.6. The van der Waals surface area contributed by atoms with Crippen molar-refractivity contribution >= 4 is 29.0 Å². The Balaban J connectivity index is 1.47. The minimum Gasteiger partial charge on any atom is -0.506 e. The SMILES string of the molecule is Cc1csc(SC2CCC(NC(=O)c3ccc(O)cn3)CC2)n1. The van der Waals surface area contributed by atoms with E-state index in [1.807, 2.05) is 18.7 Å². The molecule has 1 amide bonds. The second-order valence-corrected chi connectivity index (χ2v) is 8.13. The van der Waals surface area contributed by atoms with Crippen LogP contribution in [0.25, 0.3) is 0 Å². The molecule has 3 rings (SSSR count). The Bertz CT molecular complexity index is 664. The van der Waals surface area contributed by atoms with E-state index < -0.39 is 0 Å². The normalized spacial score (nSPS) is 21.1. The van der Waals surface area contributed by atoms with E-state index >= 15 is 0 Å². The number of carbonyl (C=O) groups is 1. The molecule has 2 aromatic rings. The summed E-state index contributed by atoms with van der Waals surface area (Å²) in [6.45, 7) is 2.02. The number of aryl methyl sites for hydroxylation is 1. The minimum absolute atomic E-state index is 0.0662. The molecule has 7 heteroatoms. The predicted molar refractivity (Wildman–Crippen MR) is 92.1 cm³/mol. The van der Waals surface area contributed by atoms with Gasteiger partial charge in [-0.05, 0) is 44.7 Å². The lowest BCUT2D eigenvalue weighted by Crippen LogP contribution is -2.38. The standard InChI is InChI=1S/C16H19N3O2S2/c1-10-9-22-16(18-10)23-13-5-2-11(3-6-13)19-15(21)14-7-4-12(20)8-17-14/h4,7-9,11,13,20H,2-3,5-6H2,1H3,(H,19,21). The van der Waals surface area contributed by atoms with Gasteiger partial charge in [-0.1, -0.05) is 11.8 Å². The Kier molecular flexibility index (Phi) is 5.17. The molecule has 122 valence electrons. The maximum atomic E-state index is 12.1. The zero-order valence-corrected chi connectivity index (χ0v) is 14.5. The van der Waals surface area contributed by atoms with Gasteiger partial charge in [0.1, 0.15) is 15.8 Å². The highest BCUT2D eigenvalue weighted by Crippen LogP contribution is 2.35. The van der Waals surface area contributed by atoms with E-state index in [0.29, 0.717) is 10.9 Å². The van der Waals surface area contributed by atoms with Crippen molar-refractivity contribution in [1.82, 2.24) is 15.3 Å². The number of rotatable bonds is 4. The zero-order chi connectivity index (χ0) is 16.2. The van der Waals surface area contributed by atoms with Gasteiger partial charge in [0.15, 0.2) is 0 Å². The molecule has 0 bridgehead atoms. The van der Waals surface area contributed by atoms with Crippen LogP contribution in [0.15, 0.2) is 28.0 Å². The fourth-order valence-corrected chi connectivity index (χ4v) is 4.92.